The lowest BCUT2D eigenvalue weighted by Gasteiger charge is -2.15. The van der Waals surface area contributed by atoms with Crippen LogP contribution in [-0.2, 0) is 47.4 Å². The Labute approximate surface area is 292 Å². The van der Waals surface area contributed by atoms with Gasteiger partial charge in [0.2, 0.25) is 0 Å². The molecule has 16 heteroatoms. The van der Waals surface area contributed by atoms with Gasteiger partial charge in [0.25, 0.3) is 0 Å². The molecule has 0 amide bonds. The maximum atomic E-state index is 5.36. The summed E-state index contributed by atoms with van der Waals surface area (Å²) >= 11 is 0. The Kier molecular flexibility index (Phi) is 50.1. The maximum Gasteiger partial charge on any atom is 0.163 e. The molecule has 2 heterocycles. The van der Waals surface area contributed by atoms with Gasteiger partial charge in [-0.3, -0.25) is 0 Å². The van der Waals surface area contributed by atoms with Crippen LogP contribution in [0.1, 0.15) is 66.7 Å². The molecule has 2 saturated heterocycles. The summed E-state index contributed by atoms with van der Waals surface area (Å²) in [5.74, 6) is -0.413. The quantitative estimate of drug-likeness (QED) is 0.0758. The van der Waals surface area contributed by atoms with Gasteiger partial charge in [0.05, 0.1) is 39.1 Å². The van der Waals surface area contributed by atoms with Crippen LogP contribution in [0.25, 0.3) is 0 Å². The van der Waals surface area contributed by atoms with Crippen LogP contribution >= 0.6 is 0 Å². The topological polar surface area (TPSA) is 248 Å². The van der Waals surface area contributed by atoms with Crippen LogP contribution in [0.15, 0.2) is 0 Å². The highest BCUT2D eigenvalue weighted by molar-refractivity contribution is 4.70. The van der Waals surface area contributed by atoms with E-state index in [2.05, 4.69) is 4.74 Å². The highest BCUT2D eigenvalue weighted by Crippen LogP contribution is 2.21. The third kappa shape index (κ3) is 43.4. The molecule has 16 nitrogen and oxygen atoms in total. The van der Waals surface area contributed by atoms with Crippen molar-refractivity contribution in [2.24, 2.45) is 34.4 Å². The first-order valence-corrected chi connectivity index (χ1v) is 17.2. The molecule has 0 saturated carbocycles. The normalized spacial score (nSPS) is 16.4. The number of hydrogen-bond donors (Lipinski definition) is 6. The van der Waals surface area contributed by atoms with Crippen molar-refractivity contribution in [3.63, 3.8) is 0 Å². The first-order valence-electron chi connectivity index (χ1n) is 17.2. The van der Waals surface area contributed by atoms with Gasteiger partial charge in [-0.1, -0.05) is 0 Å². The van der Waals surface area contributed by atoms with Crippen LogP contribution in [0.2, 0.25) is 0 Å². The molecule has 48 heavy (non-hydrogen) atoms. The van der Waals surface area contributed by atoms with Gasteiger partial charge in [0.1, 0.15) is 0 Å². The van der Waals surface area contributed by atoms with Crippen LogP contribution in [0.5, 0.6) is 0 Å². The zero-order valence-corrected chi connectivity index (χ0v) is 31.8. The molecule has 0 bridgehead atoms. The molecule has 2 aliphatic heterocycles. The fourth-order valence-electron chi connectivity index (χ4n) is 3.42. The third-order valence-corrected chi connectivity index (χ3v) is 5.73. The van der Waals surface area contributed by atoms with Crippen molar-refractivity contribution in [2.75, 3.05) is 113 Å². The van der Waals surface area contributed by atoms with Gasteiger partial charge in [-0.15, -0.1) is 0 Å². The maximum absolute atomic E-state index is 5.36. The molecular weight excluding hydrogens is 628 g/mol. The molecule has 0 aromatic rings. The van der Waals surface area contributed by atoms with E-state index < -0.39 is 5.79 Å². The highest BCUT2D eigenvalue weighted by Gasteiger charge is 2.31. The summed E-state index contributed by atoms with van der Waals surface area (Å²) in [5, 5.41) is 0. The second-order valence-corrected chi connectivity index (χ2v) is 10.3. The van der Waals surface area contributed by atoms with E-state index in [-0.39, 0.29) is 25.0 Å². The molecule has 0 aromatic carbocycles. The van der Waals surface area contributed by atoms with Gasteiger partial charge in [0.15, 0.2) is 24.7 Å². The van der Waals surface area contributed by atoms with Crippen molar-refractivity contribution in [3.05, 3.63) is 0 Å². The minimum Gasteiger partial charge on any atom is -0.383 e. The first kappa shape index (κ1) is 54.1. The lowest BCUT2D eigenvalue weighted by molar-refractivity contribution is -0.139. The second-order valence-electron chi connectivity index (χ2n) is 10.3. The lowest BCUT2D eigenvalue weighted by Crippen LogP contribution is -2.26. The zero-order valence-electron chi connectivity index (χ0n) is 31.8. The number of hydrogen-bond acceptors (Lipinski definition) is 16. The summed E-state index contributed by atoms with van der Waals surface area (Å²) in [4.78, 5) is 0. The van der Waals surface area contributed by atoms with Gasteiger partial charge in [0, 0.05) is 67.2 Å². The summed E-state index contributed by atoms with van der Waals surface area (Å²) in [6.07, 6.45) is 4.47. The fourth-order valence-corrected chi connectivity index (χ4v) is 3.42. The smallest absolute Gasteiger partial charge is 0.163 e. The van der Waals surface area contributed by atoms with E-state index in [9.17, 15) is 0 Å². The average Bonchev–Trinajstić information content (AvgIpc) is 3.74. The van der Waals surface area contributed by atoms with Crippen LogP contribution in [0, 0.1) is 0 Å². The molecule has 0 spiro atoms. The monoisotopic (exact) mass is 707 g/mol. The molecule has 1 atom stereocenters. The third-order valence-electron chi connectivity index (χ3n) is 5.73. The Balaban J connectivity index is -0.000000246. The van der Waals surface area contributed by atoms with Crippen molar-refractivity contribution in [1.29, 1.82) is 0 Å². The molecule has 12 N–H and O–H groups in total. The number of nitrogens with two attached hydrogens (primary N) is 6. The van der Waals surface area contributed by atoms with E-state index in [1.165, 1.54) is 0 Å². The molecule has 1 unspecified atom stereocenters. The van der Waals surface area contributed by atoms with Gasteiger partial charge in [-0.2, -0.15) is 0 Å². The summed E-state index contributed by atoms with van der Waals surface area (Å²) in [7, 11) is 4.89. The minimum atomic E-state index is -0.413. The van der Waals surface area contributed by atoms with E-state index >= 15 is 0 Å². The van der Waals surface area contributed by atoms with Crippen molar-refractivity contribution >= 4 is 0 Å². The van der Waals surface area contributed by atoms with Crippen molar-refractivity contribution in [2.45, 2.75) is 97.5 Å². The molecule has 0 aliphatic carbocycles. The van der Waals surface area contributed by atoms with E-state index in [0.717, 1.165) is 51.9 Å². The molecule has 2 fully saturated rings. The Morgan fingerprint density at radius 1 is 0.688 bits per heavy atom. The Bertz CT molecular complexity index is 555. The van der Waals surface area contributed by atoms with Crippen molar-refractivity contribution in [3.8, 4) is 0 Å². The van der Waals surface area contributed by atoms with E-state index in [4.69, 9.17) is 77.0 Å². The molecule has 2 rings (SSSR count). The SMILES string of the molecule is CC1(C)OCC(CN)O1.CCOC(CCCN)OCC.CCOCCN.COC(CCCN)OC.COCCN.NCCC1OCCO1. The minimum absolute atomic E-state index is 0.0139. The average molecular weight is 707 g/mol. The van der Waals surface area contributed by atoms with Gasteiger partial charge in [-0.05, 0) is 79.9 Å². The summed E-state index contributed by atoms with van der Waals surface area (Å²) in [6, 6.07) is 0. The van der Waals surface area contributed by atoms with Crippen LogP contribution < -0.4 is 34.4 Å². The number of ether oxygens (including phenoxy) is 10. The van der Waals surface area contributed by atoms with Gasteiger partial charge < -0.3 is 81.8 Å². The molecule has 296 valence electrons. The summed E-state index contributed by atoms with van der Waals surface area (Å²) in [6.45, 7) is 19.1. The Morgan fingerprint density at radius 2 is 1.21 bits per heavy atom. The largest absolute Gasteiger partial charge is 0.383 e. The van der Waals surface area contributed by atoms with Crippen LogP contribution in [0.4, 0.5) is 0 Å². The highest BCUT2D eigenvalue weighted by atomic mass is 16.7. The molecule has 0 radical (unpaired) electrons. The lowest BCUT2D eigenvalue weighted by atomic mass is 10.3. The van der Waals surface area contributed by atoms with Crippen LogP contribution in [-0.4, -0.2) is 144 Å². The molecule has 2 aliphatic rings. The van der Waals surface area contributed by atoms with E-state index in [1.54, 1.807) is 21.3 Å². The summed E-state index contributed by atoms with van der Waals surface area (Å²) < 4.78 is 50.7. The van der Waals surface area contributed by atoms with Gasteiger partial charge >= 0.3 is 0 Å². The van der Waals surface area contributed by atoms with Crippen molar-refractivity contribution < 1.29 is 47.4 Å². The predicted molar refractivity (Wildman–Crippen MR) is 191 cm³/mol. The Hall–Kier alpha value is -0.640. The van der Waals surface area contributed by atoms with Gasteiger partial charge in [-0.25, -0.2) is 0 Å². The van der Waals surface area contributed by atoms with E-state index in [0.29, 0.717) is 72.3 Å². The molecule has 0 aromatic heterocycles. The summed E-state index contributed by atoms with van der Waals surface area (Å²) in [5.41, 5.74) is 31.3. The fraction of sp³-hybridized carbons (Fsp3) is 1.00. The molecular formula is C32H78N6O10. The number of methoxy groups -OCH3 is 3. The zero-order chi connectivity index (χ0) is 37.3. The Morgan fingerprint density at radius 3 is 1.48 bits per heavy atom. The number of rotatable bonds is 20. The standard InChI is InChI=1S/C8H19NO2.C6H13NO2.C6H15NO2.C5H11NO2.C4H11NO.C3H9NO/c1-3-10-8(11-4-2)6-5-7-9;1-6(2)8-4-5(3-7)9-6;1-8-6(9-2)4-3-5-7;6-2-1-5-7-3-4-8-5;1-2-6-4-3-5;1-5-3-2-4/h8H,3-7,9H2,1-2H3;5H,3-4,7H2,1-2H3;6H,3-5,7H2,1-2H3;5H,1-4,6H2;2-5H2,1H3;2-4H2,1H3. The van der Waals surface area contributed by atoms with Crippen molar-refractivity contribution in [1.82, 2.24) is 0 Å². The second kappa shape index (κ2) is 44.4. The van der Waals surface area contributed by atoms with Crippen LogP contribution in [0.3, 0.4) is 0 Å². The first-order chi connectivity index (χ1) is 23.1. The predicted octanol–water partition coefficient (Wildman–Crippen LogP) is 0.846. The van der Waals surface area contributed by atoms with E-state index in [1.807, 2.05) is 34.6 Å².